The van der Waals surface area contributed by atoms with Crippen LogP contribution in [-0.4, -0.2) is 22.3 Å². The summed E-state index contributed by atoms with van der Waals surface area (Å²) in [7, 11) is 1.64. The molecule has 0 aliphatic heterocycles. The first kappa shape index (κ1) is 12.4. The molecule has 0 spiro atoms. The lowest BCUT2D eigenvalue weighted by Gasteiger charge is -1.96. The number of nitrogens with one attached hydrogen (secondary N) is 1. The minimum atomic E-state index is 0.267. The van der Waals surface area contributed by atoms with Gasteiger partial charge >= 0.3 is 0 Å². The van der Waals surface area contributed by atoms with Crippen LogP contribution in [0.25, 0.3) is 10.8 Å². The van der Waals surface area contributed by atoms with Crippen LogP contribution in [0.5, 0.6) is 0 Å². The number of nitrogens with zero attached hydrogens (tertiary/aromatic N) is 2. The first-order valence-electron chi connectivity index (χ1n) is 5.16. The van der Waals surface area contributed by atoms with Gasteiger partial charge in [0.25, 0.3) is 10.7 Å². The van der Waals surface area contributed by atoms with Gasteiger partial charge in [0, 0.05) is 13.0 Å². The van der Waals surface area contributed by atoms with Crippen LogP contribution < -0.4 is 0 Å². The van der Waals surface area contributed by atoms with Crippen molar-refractivity contribution in [3.8, 4) is 10.8 Å². The maximum atomic E-state index is 5.31. The summed E-state index contributed by atoms with van der Waals surface area (Å²) in [6, 6.07) is 0. The first-order valence-corrected chi connectivity index (χ1v) is 6.38. The molecule has 0 aliphatic rings. The topological polar surface area (TPSA) is 63.9 Å². The summed E-state index contributed by atoms with van der Waals surface area (Å²) in [4.78, 5) is 5.67. The molecule has 0 fully saturated rings. The van der Waals surface area contributed by atoms with E-state index in [0.29, 0.717) is 18.4 Å². The van der Waals surface area contributed by atoms with E-state index < -0.39 is 0 Å². The molecule has 0 saturated carbocycles. The van der Waals surface area contributed by atoms with E-state index in [-0.39, 0.29) is 4.84 Å². The van der Waals surface area contributed by atoms with Crippen LogP contribution in [0.2, 0.25) is 0 Å². The summed E-state index contributed by atoms with van der Waals surface area (Å²) in [6.07, 6.45) is 0. The lowest BCUT2D eigenvalue weighted by molar-refractivity contribution is 0.182. The van der Waals surface area contributed by atoms with Crippen molar-refractivity contribution in [3.05, 3.63) is 15.5 Å². The summed E-state index contributed by atoms with van der Waals surface area (Å²) in [5.74, 6) is 0.845. The number of hydrogen-bond donors (Lipinski definition) is 1. The smallest absolute Gasteiger partial charge is 0.284 e. The van der Waals surface area contributed by atoms with Crippen LogP contribution in [0.1, 0.15) is 30.5 Å². The van der Waals surface area contributed by atoms with Gasteiger partial charge in [-0.1, -0.05) is 13.8 Å². The third-order valence-corrected chi connectivity index (χ3v) is 3.68. The summed E-state index contributed by atoms with van der Waals surface area (Å²) < 4.78 is 10.4. The summed E-state index contributed by atoms with van der Waals surface area (Å²) >= 11 is 6.43. The van der Waals surface area contributed by atoms with E-state index in [1.165, 1.54) is 0 Å². The third kappa shape index (κ3) is 2.62. The second-order valence-electron chi connectivity index (χ2n) is 3.83. The van der Waals surface area contributed by atoms with Gasteiger partial charge in [0.1, 0.15) is 4.88 Å². The number of ether oxygens (including phenoxy) is 1. The standard InChI is InChI=1S/C10H13N3O2S2/c1-5(2)9-11-6(4-14-3)7(17-9)8-12-13-10(16)15-8/h5H,4H2,1-3H3,(H,13,16). The molecule has 7 heteroatoms. The molecule has 0 amide bonds. The Morgan fingerprint density at radius 2 is 2.29 bits per heavy atom. The van der Waals surface area contributed by atoms with Crippen LogP contribution in [0.3, 0.4) is 0 Å². The van der Waals surface area contributed by atoms with Crippen molar-refractivity contribution in [2.45, 2.75) is 26.4 Å². The highest BCUT2D eigenvalue weighted by Gasteiger charge is 2.18. The van der Waals surface area contributed by atoms with Crippen LogP contribution in [0, 0.1) is 4.84 Å². The largest absolute Gasteiger partial charge is 0.408 e. The number of methoxy groups -OCH3 is 1. The number of hydrogen-bond acceptors (Lipinski definition) is 6. The van der Waals surface area contributed by atoms with Crippen molar-refractivity contribution in [3.63, 3.8) is 0 Å². The highest BCUT2D eigenvalue weighted by atomic mass is 32.1. The molecule has 0 bridgehead atoms. The van der Waals surface area contributed by atoms with Crippen molar-refractivity contribution in [1.82, 2.24) is 15.2 Å². The molecule has 17 heavy (non-hydrogen) atoms. The Morgan fingerprint density at radius 3 is 2.82 bits per heavy atom. The average molecular weight is 271 g/mol. The molecular weight excluding hydrogens is 258 g/mol. The van der Waals surface area contributed by atoms with E-state index in [4.69, 9.17) is 21.4 Å². The molecule has 2 rings (SSSR count). The fourth-order valence-corrected chi connectivity index (χ4v) is 2.47. The average Bonchev–Trinajstić information content (AvgIpc) is 2.85. The molecule has 1 N–H and O–H groups in total. The van der Waals surface area contributed by atoms with E-state index in [1.807, 2.05) is 0 Å². The van der Waals surface area contributed by atoms with Crippen LogP contribution in [0.15, 0.2) is 4.42 Å². The van der Waals surface area contributed by atoms with Gasteiger partial charge in [-0.2, -0.15) is 0 Å². The molecule has 0 atom stereocenters. The van der Waals surface area contributed by atoms with E-state index in [9.17, 15) is 0 Å². The number of rotatable bonds is 4. The van der Waals surface area contributed by atoms with Crippen molar-refractivity contribution in [1.29, 1.82) is 0 Å². The molecule has 2 aromatic rings. The number of aromatic nitrogens is 3. The van der Waals surface area contributed by atoms with E-state index >= 15 is 0 Å². The predicted octanol–water partition coefficient (Wildman–Crippen LogP) is 3.13. The van der Waals surface area contributed by atoms with Crippen molar-refractivity contribution in [2.24, 2.45) is 0 Å². The van der Waals surface area contributed by atoms with E-state index in [2.05, 4.69) is 29.0 Å². The molecule has 0 aliphatic carbocycles. The zero-order valence-corrected chi connectivity index (χ0v) is 11.4. The van der Waals surface area contributed by atoms with Gasteiger partial charge in [-0.15, -0.1) is 16.4 Å². The van der Waals surface area contributed by atoms with Gasteiger partial charge in [0.05, 0.1) is 17.3 Å². The maximum absolute atomic E-state index is 5.31. The second kappa shape index (κ2) is 5.07. The van der Waals surface area contributed by atoms with Crippen molar-refractivity contribution >= 4 is 23.6 Å². The van der Waals surface area contributed by atoms with Gasteiger partial charge in [0.2, 0.25) is 0 Å². The Bertz CT molecular complexity index is 556. The Morgan fingerprint density at radius 1 is 1.53 bits per heavy atom. The van der Waals surface area contributed by atoms with E-state index in [0.717, 1.165) is 15.6 Å². The zero-order chi connectivity index (χ0) is 12.4. The molecule has 5 nitrogen and oxygen atoms in total. The molecule has 0 saturated heterocycles. The lowest BCUT2D eigenvalue weighted by atomic mass is 10.2. The van der Waals surface area contributed by atoms with Gasteiger partial charge in [0.15, 0.2) is 0 Å². The lowest BCUT2D eigenvalue weighted by Crippen LogP contribution is -1.92. The van der Waals surface area contributed by atoms with Crippen molar-refractivity contribution in [2.75, 3.05) is 7.11 Å². The van der Waals surface area contributed by atoms with Gasteiger partial charge in [-0.25, -0.2) is 10.1 Å². The Labute approximate surface area is 108 Å². The molecule has 0 radical (unpaired) electrons. The highest BCUT2D eigenvalue weighted by Crippen LogP contribution is 2.32. The number of aromatic amines is 1. The minimum absolute atomic E-state index is 0.267. The van der Waals surface area contributed by atoms with E-state index in [1.54, 1.807) is 18.4 Å². The van der Waals surface area contributed by atoms with Crippen LogP contribution in [-0.2, 0) is 11.3 Å². The molecule has 0 aromatic carbocycles. The fraction of sp³-hybridized carbons (Fsp3) is 0.500. The summed E-state index contributed by atoms with van der Waals surface area (Å²) in [6.45, 7) is 4.63. The summed E-state index contributed by atoms with van der Waals surface area (Å²) in [5, 5.41) is 7.67. The quantitative estimate of drug-likeness (QED) is 0.865. The van der Waals surface area contributed by atoms with Gasteiger partial charge in [-0.3, -0.25) is 0 Å². The molecule has 2 heterocycles. The number of H-pyrrole nitrogens is 1. The third-order valence-electron chi connectivity index (χ3n) is 2.12. The minimum Gasteiger partial charge on any atom is -0.408 e. The van der Waals surface area contributed by atoms with Gasteiger partial charge < -0.3 is 9.15 Å². The molecule has 92 valence electrons. The molecular formula is C10H13N3O2S2. The van der Waals surface area contributed by atoms with Gasteiger partial charge in [-0.05, 0) is 12.2 Å². The normalized spacial score (nSPS) is 11.3. The van der Waals surface area contributed by atoms with Crippen molar-refractivity contribution < 1.29 is 9.15 Å². The Balaban J connectivity index is 2.47. The molecule has 0 unspecified atom stereocenters. The predicted molar refractivity (Wildman–Crippen MR) is 67.6 cm³/mol. The first-order chi connectivity index (χ1) is 8.11. The maximum Gasteiger partial charge on any atom is 0.284 e. The monoisotopic (exact) mass is 271 g/mol. The summed E-state index contributed by atoms with van der Waals surface area (Å²) in [5.41, 5.74) is 0.839. The fourth-order valence-electron chi connectivity index (χ4n) is 1.35. The molecule has 2 aromatic heterocycles. The second-order valence-corrected chi connectivity index (χ2v) is 5.24. The Hall–Kier alpha value is -1.05. The Kier molecular flexibility index (Phi) is 3.70. The van der Waals surface area contributed by atoms with Crippen LogP contribution >= 0.6 is 23.6 Å². The van der Waals surface area contributed by atoms with Crippen LogP contribution in [0.4, 0.5) is 0 Å². The SMILES string of the molecule is COCc1nc(C(C)C)sc1-c1n[nH]c(=S)o1. The number of thiazole rings is 1. The highest BCUT2D eigenvalue weighted by molar-refractivity contribution is 7.71. The zero-order valence-electron chi connectivity index (χ0n) is 9.81.